The van der Waals surface area contributed by atoms with Gasteiger partial charge in [0.1, 0.15) is 0 Å². The van der Waals surface area contributed by atoms with Crippen LogP contribution in [0.5, 0.6) is 0 Å². The maximum atomic E-state index is 5.65. The van der Waals surface area contributed by atoms with Crippen molar-refractivity contribution in [2.24, 2.45) is 16.6 Å². The molecule has 1 saturated heterocycles. The molecule has 0 aromatic heterocycles. The van der Waals surface area contributed by atoms with Crippen LogP contribution in [-0.2, 0) is 4.74 Å². The summed E-state index contributed by atoms with van der Waals surface area (Å²) >= 11 is 0. The van der Waals surface area contributed by atoms with Gasteiger partial charge in [0.2, 0.25) is 0 Å². The molecular weight excluding hydrogens is 152 g/mol. The highest BCUT2D eigenvalue weighted by Gasteiger charge is 2.21. The molecule has 0 saturated carbocycles. The predicted molar refractivity (Wildman–Crippen MR) is 50.3 cm³/mol. The molecule has 70 valence electrons. The fourth-order valence-corrected chi connectivity index (χ4v) is 1.39. The minimum Gasteiger partial charge on any atom is -0.387 e. The molecule has 3 heteroatoms. The molecule has 0 aromatic rings. The second kappa shape index (κ2) is 4.45. The summed E-state index contributed by atoms with van der Waals surface area (Å²) in [6.07, 6.45) is 1.97. The molecule has 0 bridgehead atoms. The van der Waals surface area contributed by atoms with Crippen molar-refractivity contribution in [2.45, 2.75) is 32.7 Å². The van der Waals surface area contributed by atoms with E-state index in [-0.39, 0.29) is 0 Å². The molecule has 0 spiro atoms. The second-order valence-electron chi connectivity index (χ2n) is 3.34. The zero-order valence-corrected chi connectivity index (χ0v) is 7.92. The lowest BCUT2D eigenvalue weighted by molar-refractivity contribution is 0.182. The van der Waals surface area contributed by atoms with Crippen LogP contribution in [0.25, 0.3) is 0 Å². The quantitative estimate of drug-likeness (QED) is 0.510. The summed E-state index contributed by atoms with van der Waals surface area (Å²) in [4.78, 5) is 4.39. The summed E-state index contributed by atoms with van der Waals surface area (Å²) in [6, 6.07) is 0.326. The summed E-state index contributed by atoms with van der Waals surface area (Å²) in [5.41, 5.74) is 5.65. The van der Waals surface area contributed by atoms with Crippen molar-refractivity contribution >= 4 is 5.84 Å². The van der Waals surface area contributed by atoms with Crippen molar-refractivity contribution in [3.05, 3.63) is 0 Å². The topological polar surface area (TPSA) is 47.6 Å². The molecule has 12 heavy (non-hydrogen) atoms. The van der Waals surface area contributed by atoms with Gasteiger partial charge in [0.15, 0.2) is 0 Å². The van der Waals surface area contributed by atoms with E-state index in [9.17, 15) is 0 Å². The normalized spacial score (nSPS) is 27.5. The average Bonchev–Trinajstić information content (AvgIpc) is 2.56. The molecule has 0 radical (unpaired) electrons. The third-order valence-electron chi connectivity index (χ3n) is 2.38. The van der Waals surface area contributed by atoms with E-state index in [1.165, 1.54) is 0 Å². The van der Waals surface area contributed by atoms with E-state index < -0.39 is 0 Å². The first-order valence-electron chi connectivity index (χ1n) is 4.64. The number of rotatable bonds is 3. The Hall–Kier alpha value is -0.570. The number of nitrogens with zero attached hydrogens (tertiary/aromatic N) is 1. The van der Waals surface area contributed by atoms with E-state index >= 15 is 0 Å². The minimum absolute atomic E-state index is 0.326. The van der Waals surface area contributed by atoms with Gasteiger partial charge in [-0.05, 0) is 13.3 Å². The highest BCUT2D eigenvalue weighted by molar-refractivity contribution is 5.80. The van der Waals surface area contributed by atoms with Gasteiger partial charge in [-0.1, -0.05) is 6.92 Å². The number of hydrogen-bond donors (Lipinski definition) is 1. The number of aliphatic imine (C=N–C) groups is 1. The van der Waals surface area contributed by atoms with Crippen LogP contribution in [0.3, 0.4) is 0 Å². The van der Waals surface area contributed by atoms with Gasteiger partial charge in [-0.3, -0.25) is 4.99 Å². The zero-order chi connectivity index (χ0) is 8.97. The van der Waals surface area contributed by atoms with Crippen LogP contribution in [0.1, 0.15) is 26.7 Å². The Balaban J connectivity index is 2.40. The predicted octanol–water partition coefficient (Wildman–Crippen LogP) is 1.18. The third-order valence-corrected chi connectivity index (χ3v) is 2.38. The smallest absolute Gasteiger partial charge is 0.0937 e. The van der Waals surface area contributed by atoms with E-state index in [1.54, 1.807) is 0 Å². The maximum Gasteiger partial charge on any atom is 0.0937 e. The Morgan fingerprint density at radius 1 is 1.75 bits per heavy atom. The summed E-state index contributed by atoms with van der Waals surface area (Å²) in [5, 5.41) is 0. The molecular formula is C9H18N2O. The lowest BCUT2D eigenvalue weighted by Gasteiger charge is -2.13. The highest BCUT2D eigenvalue weighted by atomic mass is 16.5. The molecule has 2 N–H and O–H groups in total. The molecule has 2 unspecified atom stereocenters. The van der Waals surface area contributed by atoms with E-state index in [0.29, 0.717) is 12.0 Å². The highest BCUT2D eigenvalue weighted by Crippen LogP contribution is 2.18. The second-order valence-corrected chi connectivity index (χ2v) is 3.34. The summed E-state index contributed by atoms with van der Waals surface area (Å²) in [6.45, 7) is 5.87. The monoisotopic (exact) mass is 170 g/mol. The standard InChI is InChI=1S/C9H18N2O/c1-3-9(10)11-7(2)8-4-5-12-6-8/h7-8H,3-6H2,1-2H3,(H2,10,11). The fourth-order valence-electron chi connectivity index (χ4n) is 1.39. The number of hydrogen-bond acceptors (Lipinski definition) is 2. The van der Waals surface area contributed by atoms with Gasteiger partial charge in [-0.2, -0.15) is 0 Å². The Morgan fingerprint density at radius 2 is 2.50 bits per heavy atom. The first-order chi connectivity index (χ1) is 5.74. The number of ether oxygens (including phenoxy) is 1. The van der Waals surface area contributed by atoms with Crippen molar-refractivity contribution in [2.75, 3.05) is 13.2 Å². The van der Waals surface area contributed by atoms with Crippen LogP contribution in [0.15, 0.2) is 4.99 Å². The lowest BCUT2D eigenvalue weighted by atomic mass is 10.0. The van der Waals surface area contributed by atoms with Crippen LogP contribution < -0.4 is 5.73 Å². The Morgan fingerprint density at radius 3 is 3.00 bits per heavy atom. The van der Waals surface area contributed by atoms with Gasteiger partial charge < -0.3 is 10.5 Å². The average molecular weight is 170 g/mol. The third kappa shape index (κ3) is 2.48. The van der Waals surface area contributed by atoms with Crippen molar-refractivity contribution in [1.82, 2.24) is 0 Å². The first kappa shape index (κ1) is 9.52. The van der Waals surface area contributed by atoms with E-state index in [0.717, 1.165) is 31.9 Å². The summed E-state index contributed by atoms with van der Waals surface area (Å²) in [5.74, 6) is 1.34. The largest absolute Gasteiger partial charge is 0.387 e. The molecule has 2 atom stereocenters. The van der Waals surface area contributed by atoms with Gasteiger partial charge in [0.05, 0.1) is 18.5 Å². The van der Waals surface area contributed by atoms with E-state index in [1.807, 2.05) is 6.92 Å². The van der Waals surface area contributed by atoms with Gasteiger partial charge in [0.25, 0.3) is 0 Å². The Kier molecular flexibility index (Phi) is 3.53. The first-order valence-corrected chi connectivity index (χ1v) is 4.64. The van der Waals surface area contributed by atoms with Crippen LogP contribution in [0, 0.1) is 5.92 Å². The zero-order valence-electron chi connectivity index (χ0n) is 7.92. The van der Waals surface area contributed by atoms with Crippen LogP contribution in [0.2, 0.25) is 0 Å². The Labute approximate surface area is 74.0 Å². The number of amidine groups is 1. The molecule has 1 rings (SSSR count). The van der Waals surface area contributed by atoms with Crippen molar-refractivity contribution in [1.29, 1.82) is 0 Å². The lowest BCUT2D eigenvalue weighted by Crippen LogP contribution is -2.20. The molecule has 0 aromatic carbocycles. The van der Waals surface area contributed by atoms with Crippen LogP contribution in [0.4, 0.5) is 0 Å². The van der Waals surface area contributed by atoms with Crippen molar-refractivity contribution < 1.29 is 4.74 Å². The summed E-state index contributed by atoms with van der Waals surface area (Å²) < 4.78 is 5.28. The molecule has 1 fully saturated rings. The maximum absolute atomic E-state index is 5.65. The SMILES string of the molecule is CCC(N)=NC(C)C1CCOC1. The van der Waals surface area contributed by atoms with Gasteiger partial charge in [0, 0.05) is 18.9 Å². The molecule has 1 aliphatic heterocycles. The fraction of sp³-hybridized carbons (Fsp3) is 0.889. The van der Waals surface area contributed by atoms with Gasteiger partial charge >= 0.3 is 0 Å². The van der Waals surface area contributed by atoms with E-state index in [2.05, 4.69) is 11.9 Å². The van der Waals surface area contributed by atoms with Crippen LogP contribution in [-0.4, -0.2) is 25.1 Å². The van der Waals surface area contributed by atoms with E-state index in [4.69, 9.17) is 10.5 Å². The van der Waals surface area contributed by atoms with Crippen LogP contribution >= 0.6 is 0 Å². The molecule has 0 amide bonds. The minimum atomic E-state index is 0.326. The number of nitrogens with two attached hydrogens (primary N) is 1. The van der Waals surface area contributed by atoms with Gasteiger partial charge in [-0.15, -0.1) is 0 Å². The van der Waals surface area contributed by atoms with Crippen molar-refractivity contribution in [3.63, 3.8) is 0 Å². The molecule has 1 heterocycles. The van der Waals surface area contributed by atoms with Gasteiger partial charge in [-0.25, -0.2) is 0 Å². The summed E-state index contributed by atoms with van der Waals surface area (Å²) in [7, 11) is 0. The molecule has 1 aliphatic rings. The molecule has 0 aliphatic carbocycles. The Bertz CT molecular complexity index is 162. The van der Waals surface area contributed by atoms with Crippen molar-refractivity contribution in [3.8, 4) is 0 Å². The molecule has 3 nitrogen and oxygen atoms in total.